The monoisotopic (exact) mass is 323 g/mol. The van der Waals surface area contributed by atoms with E-state index in [2.05, 4.69) is 28.5 Å². The van der Waals surface area contributed by atoms with Gasteiger partial charge >= 0.3 is 0 Å². The highest BCUT2D eigenvalue weighted by atomic mass is 16.4. The molecule has 0 bridgehead atoms. The average molecular weight is 323 g/mol. The van der Waals surface area contributed by atoms with Crippen LogP contribution < -0.4 is 5.32 Å². The van der Waals surface area contributed by atoms with Crippen molar-refractivity contribution in [3.8, 4) is 6.07 Å². The first-order valence-corrected chi connectivity index (χ1v) is 9.03. The second-order valence-corrected chi connectivity index (χ2v) is 6.60. The number of nitrogens with zero attached hydrogens (tertiary/aromatic N) is 2. The van der Waals surface area contributed by atoms with Crippen LogP contribution in [0.4, 0.5) is 5.88 Å². The minimum atomic E-state index is 0.377. The number of nitrogens with one attached hydrogen (secondary N) is 1. The van der Waals surface area contributed by atoms with Crippen molar-refractivity contribution in [3.05, 3.63) is 47.5 Å². The molecule has 1 saturated carbocycles. The van der Waals surface area contributed by atoms with Crippen LogP contribution in [-0.4, -0.2) is 11.5 Å². The van der Waals surface area contributed by atoms with E-state index in [0.717, 1.165) is 31.7 Å². The summed E-state index contributed by atoms with van der Waals surface area (Å²) in [5, 5.41) is 12.5. The summed E-state index contributed by atoms with van der Waals surface area (Å²) in [7, 11) is 0. The number of nitriles is 1. The Hall–Kier alpha value is -2.28. The Labute approximate surface area is 143 Å². The Balaban J connectivity index is 1.51. The molecule has 1 N–H and O–H groups in total. The molecule has 2 aromatic rings. The summed E-state index contributed by atoms with van der Waals surface area (Å²) < 4.78 is 5.79. The van der Waals surface area contributed by atoms with Crippen LogP contribution in [0.5, 0.6) is 0 Å². The normalized spacial score (nSPS) is 15.1. The molecule has 0 amide bonds. The number of rotatable bonds is 7. The predicted molar refractivity (Wildman–Crippen MR) is 94.7 cm³/mol. The van der Waals surface area contributed by atoms with Gasteiger partial charge in [-0.05, 0) is 24.3 Å². The minimum absolute atomic E-state index is 0.377. The van der Waals surface area contributed by atoms with Crippen LogP contribution in [-0.2, 0) is 12.8 Å². The van der Waals surface area contributed by atoms with Crippen molar-refractivity contribution in [1.82, 2.24) is 4.98 Å². The van der Waals surface area contributed by atoms with E-state index in [1.165, 1.54) is 37.7 Å². The quantitative estimate of drug-likeness (QED) is 0.801. The third-order valence-electron chi connectivity index (χ3n) is 4.81. The van der Waals surface area contributed by atoms with Crippen LogP contribution in [0, 0.1) is 17.2 Å². The van der Waals surface area contributed by atoms with Gasteiger partial charge < -0.3 is 9.73 Å². The first-order valence-electron chi connectivity index (χ1n) is 9.03. The molecule has 0 spiro atoms. The molecule has 0 unspecified atom stereocenters. The van der Waals surface area contributed by atoms with E-state index in [9.17, 15) is 5.26 Å². The zero-order valence-corrected chi connectivity index (χ0v) is 14.1. The van der Waals surface area contributed by atoms with Gasteiger partial charge in [-0.1, -0.05) is 62.4 Å². The summed E-state index contributed by atoms with van der Waals surface area (Å²) in [6.07, 6.45) is 9.59. The third kappa shape index (κ3) is 4.61. The fourth-order valence-electron chi connectivity index (χ4n) is 3.44. The van der Waals surface area contributed by atoms with E-state index in [0.29, 0.717) is 17.5 Å². The van der Waals surface area contributed by atoms with Gasteiger partial charge in [0.05, 0.1) is 0 Å². The summed E-state index contributed by atoms with van der Waals surface area (Å²) in [4.78, 5) is 4.35. The standard InChI is InChI=1S/C20H25N3O/c21-15-18-20(22-14-13-17-9-5-2-6-10-17)24-19(23-18)12-11-16-7-3-1-4-8-16/h2,5-6,9-10,16,22H,1,3-4,7-8,11-14H2. The molecule has 0 atom stereocenters. The molecule has 0 aliphatic heterocycles. The second-order valence-electron chi connectivity index (χ2n) is 6.60. The Morgan fingerprint density at radius 3 is 2.67 bits per heavy atom. The average Bonchev–Trinajstić information content (AvgIpc) is 3.04. The van der Waals surface area contributed by atoms with Gasteiger partial charge in [-0.25, -0.2) is 4.98 Å². The molecule has 1 heterocycles. The molecule has 1 aromatic heterocycles. The lowest BCUT2D eigenvalue weighted by Crippen LogP contribution is -2.07. The Kier molecular flexibility index (Phi) is 5.90. The van der Waals surface area contributed by atoms with Crippen molar-refractivity contribution in [2.45, 2.75) is 51.4 Å². The highest BCUT2D eigenvalue weighted by Gasteiger charge is 2.17. The number of oxazole rings is 1. The lowest BCUT2D eigenvalue weighted by atomic mass is 9.86. The van der Waals surface area contributed by atoms with Gasteiger partial charge in [0.2, 0.25) is 11.6 Å². The molecule has 24 heavy (non-hydrogen) atoms. The zero-order chi connectivity index (χ0) is 16.6. The van der Waals surface area contributed by atoms with Crippen molar-refractivity contribution in [1.29, 1.82) is 5.26 Å². The maximum Gasteiger partial charge on any atom is 0.232 e. The third-order valence-corrected chi connectivity index (χ3v) is 4.81. The predicted octanol–water partition coefficient (Wildman–Crippen LogP) is 4.71. The molecule has 4 nitrogen and oxygen atoms in total. The fraction of sp³-hybridized carbons (Fsp3) is 0.500. The van der Waals surface area contributed by atoms with Gasteiger partial charge in [0.25, 0.3) is 0 Å². The first-order chi connectivity index (χ1) is 11.8. The fourth-order valence-corrected chi connectivity index (χ4v) is 3.44. The van der Waals surface area contributed by atoms with Crippen LogP contribution in [0.2, 0.25) is 0 Å². The van der Waals surface area contributed by atoms with Crippen molar-refractivity contribution >= 4 is 5.88 Å². The number of aromatic nitrogens is 1. The summed E-state index contributed by atoms with van der Waals surface area (Å²) in [5.41, 5.74) is 1.64. The summed E-state index contributed by atoms with van der Waals surface area (Å²) in [6.45, 7) is 0.732. The van der Waals surface area contributed by atoms with Crippen LogP contribution in [0.1, 0.15) is 55.7 Å². The summed E-state index contributed by atoms with van der Waals surface area (Å²) >= 11 is 0. The van der Waals surface area contributed by atoms with Gasteiger partial charge in [0, 0.05) is 13.0 Å². The van der Waals surface area contributed by atoms with E-state index in [4.69, 9.17) is 4.42 Å². The van der Waals surface area contributed by atoms with E-state index >= 15 is 0 Å². The number of aryl methyl sites for hydroxylation is 1. The molecule has 4 heteroatoms. The van der Waals surface area contributed by atoms with Gasteiger partial charge in [-0.3, -0.25) is 0 Å². The first kappa shape index (κ1) is 16.6. The molecule has 1 aliphatic rings. The molecule has 0 radical (unpaired) electrons. The maximum absolute atomic E-state index is 9.25. The number of benzene rings is 1. The minimum Gasteiger partial charge on any atom is -0.424 e. The second kappa shape index (κ2) is 8.54. The van der Waals surface area contributed by atoms with Gasteiger partial charge in [0.1, 0.15) is 6.07 Å². The largest absolute Gasteiger partial charge is 0.424 e. The molecule has 1 aromatic carbocycles. The highest BCUT2D eigenvalue weighted by Crippen LogP contribution is 2.28. The summed E-state index contributed by atoms with van der Waals surface area (Å²) in [6, 6.07) is 12.4. The molecule has 3 rings (SSSR count). The van der Waals surface area contributed by atoms with E-state index in [1.54, 1.807) is 0 Å². The van der Waals surface area contributed by atoms with E-state index in [-0.39, 0.29) is 0 Å². The van der Waals surface area contributed by atoms with Crippen molar-refractivity contribution in [2.75, 3.05) is 11.9 Å². The molecule has 1 aliphatic carbocycles. The molecular formula is C20H25N3O. The van der Waals surface area contributed by atoms with Crippen LogP contribution >= 0.6 is 0 Å². The Morgan fingerprint density at radius 1 is 1.12 bits per heavy atom. The topological polar surface area (TPSA) is 61.9 Å². The molecular weight excluding hydrogens is 298 g/mol. The van der Waals surface area contributed by atoms with Crippen molar-refractivity contribution < 1.29 is 4.42 Å². The highest BCUT2D eigenvalue weighted by molar-refractivity contribution is 5.45. The number of anilines is 1. The lowest BCUT2D eigenvalue weighted by molar-refractivity contribution is 0.329. The zero-order valence-electron chi connectivity index (χ0n) is 14.1. The summed E-state index contributed by atoms with van der Waals surface area (Å²) in [5.74, 6) is 2.01. The van der Waals surface area contributed by atoms with Crippen molar-refractivity contribution in [2.24, 2.45) is 5.92 Å². The van der Waals surface area contributed by atoms with Gasteiger partial charge in [-0.2, -0.15) is 5.26 Å². The smallest absolute Gasteiger partial charge is 0.232 e. The Bertz CT molecular complexity index is 666. The van der Waals surface area contributed by atoms with Crippen LogP contribution in [0.25, 0.3) is 0 Å². The van der Waals surface area contributed by atoms with Crippen LogP contribution in [0.3, 0.4) is 0 Å². The SMILES string of the molecule is N#Cc1nc(CCC2CCCCC2)oc1NCCc1ccccc1. The number of hydrogen-bond donors (Lipinski definition) is 1. The van der Waals surface area contributed by atoms with Crippen LogP contribution in [0.15, 0.2) is 34.7 Å². The lowest BCUT2D eigenvalue weighted by Gasteiger charge is -2.20. The molecule has 0 saturated heterocycles. The van der Waals surface area contributed by atoms with E-state index in [1.807, 2.05) is 18.2 Å². The van der Waals surface area contributed by atoms with Crippen molar-refractivity contribution in [3.63, 3.8) is 0 Å². The maximum atomic E-state index is 9.25. The number of hydrogen-bond acceptors (Lipinski definition) is 4. The van der Waals surface area contributed by atoms with Gasteiger partial charge in [0.15, 0.2) is 5.89 Å². The molecule has 1 fully saturated rings. The Morgan fingerprint density at radius 2 is 1.92 bits per heavy atom. The van der Waals surface area contributed by atoms with Gasteiger partial charge in [-0.15, -0.1) is 0 Å². The molecule has 126 valence electrons. The van der Waals surface area contributed by atoms with E-state index < -0.39 is 0 Å².